The fourth-order valence-electron chi connectivity index (χ4n) is 0.604. The van der Waals surface area contributed by atoms with Gasteiger partial charge in [0.15, 0.2) is 6.38 Å². The first-order chi connectivity index (χ1) is 4.85. The fraction of sp³-hybridized carbons (Fsp3) is 0.857. The van der Waals surface area contributed by atoms with Crippen LogP contribution in [0.3, 0.4) is 0 Å². The van der Waals surface area contributed by atoms with Gasteiger partial charge in [-0.1, -0.05) is 20.8 Å². The van der Waals surface area contributed by atoms with Crippen LogP contribution in [0, 0.1) is 5.41 Å². The quantitative estimate of drug-likeness (QED) is 0.485. The Balaban J connectivity index is 2.86. The molecule has 1 unspecified atom stereocenters. The summed E-state index contributed by atoms with van der Waals surface area (Å²) in [6, 6.07) is -0.968. The lowest BCUT2D eigenvalue weighted by Gasteiger charge is -2.22. The summed E-state index contributed by atoms with van der Waals surface area (Å²) in [5, 5.41) is 0. The third-order valence-electron chi connectivity index (χ3n) is 1.32. The summed E-state index contributed by atoms with van der Waals surface area (Å²) in [4.78, 5) is 3.82. The molecule has 0 aromatic carbocycles. The van der Waals surface area contributed by atoms with Crippen LogP contribution in [-0.2, 0) is 4.74 Å². The molecule has 1 atom stereocenters. The Labute approximate surface area is 58.7 Å². The van der Waals surface area contributed by atoms with Gasteiger partial charge in [-0.25, -0.2) is 0 Å². The normalized spacial score (nSPS) is 38.8. The third kappa shape index (κ3) is 1.44. The largest absolute Gasteiger partial charge is 0.481 e. The molecule has 1 aliphatic heterocycles. The van der Waals surface area contributed by atoms with E-state index in [0.717, 1.165) is 0 Å². The van der Waals surface area contributed by atoms with E-state index in [-0.39, 0.29) is 18.4 Å². The zero-order valence-corrected chi connectivity index (χ0v) is 6.06. The van der Waals surface area contributed by atoms with Crippen LogP contribution in [0.25, 0.3) is 0 Å². The molecule has 0 saturated carbocycles. The van der Waals surface area contributed by atoms with Crippen LogP contribution in [0.1, 0.15) is 23.5 Å². The number of hydrogen-bond acceptors (Lipinski definition) is 2. The van der Waals surface area contributed by atoms with Gasteiger partial charge in [-0.05, 0) is 5.41 Å². The highest BCUT2D eigenvalue weighted by molar-refractivity contribution is 5.49. The lowest BCUT2D eigenvalue weighted by molar-refractivity contribution is 0.239. The maximum Gasteiger partial charge on any atom is 0.169 e. The van der Waals surface area contributed by atoms with E-state index in [1.54, 1.807) is 0 Å². The van der Waals surface area contributed by atoms with E-state index < -0.39 is 6.02 Å². The molecule has 0 radical (unpaired) electrons. The van der Waals surface area contributed by atoms with E-state index in [1.807, 2.05) is 20.8 Å². The summed E-state index contributed by atoms with van der Waals surface area (Å²) >= 11 is 0. The van der Waals surface area contributed by atoms with Gasteiger partial charge in [0.2, 0.25) is 0 Å². The number of rotatable bonds is 0. The van der Waals surface area contributed by atoms with Gasteiger partial charge >= 0.3 is 0 Å². The molecule has 0 saturated heterocycles. The van der Waals surface area contributed by atoms with Crippen LogP contribution in [0.4, 0.5) is 0 Å². The Morgan fingerprint density at radius 1 is 1.89 bits per heavy atom. The number of aliphatic imine (C=N–C) groups is 1. The van der Waals surface area contributed by atoms with E-state index in [0.29, 0.717) is 0 Å². The third-order valence-corrected chi connectivity index (χ3v) is 1.32. The van der Waals surface area contributed by atoms with Gasteiger partial charge in [0.05, 0.1) is 7.39 Å². The van der Waals surface area contributed by atoms with Crippen molar-refractivity contribution in [3.63, 3.8) is 0 Å². The molecule has 2 heteroatoms. The highest BCUT2D eigenvalue weighted by Gasteiger charge is 2.26. The number of nitrogens with zero attached hydrogens (tertiary/aromatic N) is 1. The molecule has 9 heavy (non-hydrogen) atoms. The Hall–Kier alpha value is -0.530. The second kappa shape index (κ2) is 2.01. The second-order valence-corrected chi connectivity index (χ2v) is 3.19. The maximum atomic E-state index is 7.83. The maximum absolute atomic E-state index is 7.83. The molecule has 0 spiro atoms. The van der Waals surface area contributed by atoms with Crippen molar-refractivity contribution in [3.8, 4) is 0 Å². The molecular formula is C7H13NO. The standard InChI is InChI=1S/C7H13NO/c1-7(2,3)6-4-9-5-8-6/h5-6H,4H2,1-3H3/i5D,6D. The molecule has 1 aliphatic rings. The van der Waals surface area contributed by atoms with Crippen molar-refractivity contribution < 1.29 is 7.48 Å². The van der Waals surface area contributed by atoms with E-state index >= 15 is 0 Å². The van der Waals surface area contributed by atoms with Crippen LogP contribution in [0.15, 0.2) is 4.99 Å². The van der Waals surface area contributed by atoms with Crippen molar-refractivity contribution in [2.75, 3.05) is 6.61 Å². The first-order valence-electron chi connectivity index (χ1n) is 4.04. The van der Waals surface area contributed by atoms with Crippen LogP contribution >= 0.6 is 0 Å². The molecule has 1 rings (SSSR count). The van der Waals surface area contributed by atoms with Crippen LogP contribution in [0.2, 0.25) is 0 Å². The van der Waals surface area contributed by atoms with Gasteiger partial charge in [-0.2, -0.15) is 0 Å². The molecule has 2 nitrogen and oxygen atoms in total. The molecule has 0 aliphatic carbocycles. The van der Waals surface area contributed by atoms with Crippen LogP contribution in [0.5, 0.6) is 0 Å². The predicted octanol–water partition coefficient (Wildman–Crippen LogP) is 1.46. The minimum Gasteiger partial charge on any atom is -0.481 e. The highest BCUT2D eigenvalue weighted by Crippen LogP contribution is 2.23. The Morgan fingerprint density at radius 2 is 2.56 bits per heavy atom. The van der Waals surface area contributed by atoms with Crippen molar-refractivity contribution in [1.82, 2.24) is 0 Å². The zero-order valence-electron chi connectivity index (χ0n) is 8.06. The smallest absolute Gasteiger partial charge is 0.169 e. The van der Waals surface area contributed by atoms with Gasteiger partial charge in [0, 0.05) is 0 Å². The summed E-state index contributed by atoms with van der Waals surface area (Å²) in [6.45, 7) is 5.97. The van der Waals surface area contributed by atoms with Gasteiger partial charge < -0.3 is 4.74 Å². The predicted molar refractivity (Wildman–Crippen MR) is 37.7 cm³/mol. The van der Waals surface area contributed by atoms with Crippen LogP contribution < -0.4 is 0 Å². The molecule has 0 bridgehead atoms. The molecule has 0 aromatic heterocycles. The molecule has 0 N–H and O–H groups in total. The molecule has 0 fully saturated rings. The monoisotopic (exact) mass is 129 g/mol. The molecule has 0 amide bonds. The van der Waals surface area contributed by atoms with Gasteiger partial charge in [0.25, 0.3) is 0 Å². The first-order valence-corrected chi connectivity index (χ1v) is 3.04. The van der Waals surface area contributed by atoms with Crippen molar-refractivity contribution in [2.45, 2.75) is 26.8 Å². The van der Waals surface area contributed by atoms with Gasteiger partial charge in [-0.15, -0.1) is 0 Å². The van der Waals surface area contributed by atoms with Crippen molar-refractivity contribution in [3.05, 3.63) is 0 Å². The summed E-state index contributed by atoms with van der Waals surface area (Å²) < 4.78 is 19.7. The van der Waals surface area contributed by atoms with Crippen molar-refractivity contribution in [1.29, 1.82) is 0 Å². The number of hydrogen-bond donors (Lipinski definition) is 0. The van der Waals surface area contributed by atoms with Crippen molar-refractivity contribution in [2.24, 2.45) is 10.4 Å². The Morgan fingerprint density at radius 3 is 2.78 bits per heavy atom. The van der Waals surface area contributed by atoms with E-state index in [9.17, 15) is 0 Å². The van der Waals surface area contributed by atoms with E-state index in [1.165, 1.54) is 0 Å². The average molecular weight is 129 g/mol. The van der Waals surface area contributed by atoms with E-state index in [4.69, 9.17) is 7.48 Å². The second-order valence-electron chi connectivity index (χ2n) is 3.19. The lowest BCUT2D eigenvalue weighted by Crippen LogP contribution is -2.25. The Kier molecular flexibility index (Phi) is 0.963. The minimum absolute atomic E-state index is 0.116. The summed E-state index contributed by atoms with van der Waals surface area (Å²) in [5.41, 5.74) is -0.268. The molecule has 0 aromatic rings. The number of ether oxygens (including phenoxy) is 1. The molecular weight excluding hydrogens is 114 g/mol. The Bertz CT molecular complexity index is 197. The van der Waals surface area contributed by atoms with Crippen molar-refractivity contribution >= 4 is 6.38 Å². The first kappa shape index (κ1) is 4.31. The highest BCUT2D eigenvalue weighted by atomic mass is 16.5. The minimum atomic E-state index is -0.968. The summed E-state index contributed by atoms with van der Waals surface area (Å²) in [5.74, 6) is 0. The van der Waals surface area contributed by atoms with Gasteiger partial charge in [0.1, 0.15) is 7.98 Å². The topological polar surface area (TPSA) is 21.6 Å². The lowest BCUT2D eigenvalue weighted by atomic mass is 9.88. The molecule has 1 heterocycles. The van der Waals surface area contributed by atoms with Gasteiger partial charge in [-0.3, -0.25) is 4.99 Å². The van der Waals surface area contributed by atoms with Crippen LogP contribution in [-0.4, -0.2) is 19.0 Å². The summed E-state index contributed by atoms with van der Waals surface area (Å²) in [7, 11) is 0. The molecule has 52 valence electrons. The zero-order chi connectivity index (χ0) is 8.70. The fourth-order valence-corrected chi connectivity index (χ4v) is 0.604. The average Bonchev–Trinajstić information content (AvgIpc) is 2.10. The SMILES string of the molecule is [2H]C1=NC([2H])(C(C)(C)C)CO1. The van der Waals surface area contributed by atoms with E-state index in [2.05, 4.69) is 4.99 Å². The summed E-state index contributed by atoms with van der Waals surface area (Å²) in [6.07, 6.45) is -0.116.